The van der Waals surface area contributed by atoms with Gasteiger partial charge in [-0.15, -0.1) is 0 Å². The first kappa shape index (κ1) is 10.9. The highest BCUT2D eigenvalue weighted by Crippen LogP contribution is 2.18. The normalized spacial score (nSPS) is 11.4. The fraction of sp³-hybridized carbons (Fsp3) is 0. The van der Waals surface area contributed by atoms with E-state index >= 15 is 0 Å². The zero-order chi connectivity index (χ0) is 12.3. The topological polar surface area (TPSA) is 94.8 Å². The highest BCUT2D eigenvalue weighted by atomic mass is 16.4. The van der Waals surface area contributed by atoms with E-state index in [2.05, 4.69) is 9.97 Å². The van der Waals surface area contributed by atoms with Crippen LogP contribution in [0.2, 0.25) is 0 Å². The molecule has 0 amide bonds. The van der Waals surface area contributed by atoms with Gasteiger partial charge in [-0.05, 0) is 5.56 Å². The molecule has 86 valence electrons. The number of nitrogens with two attached hydrogens (primary N) is 1. The van der Waals surface area contributed by atoms with Gasteiger partial charge < -0.3 is 20.6 Å². The smallest absolute Gasteiger partial charge is 0.141 e. The van der Waals surface area contributed by atoms with Crippen molar-refractivity contribution in [3.63, 3.8) is 0 Å². The zero-order valence-electron chi connectivity index (χ0n) is 8.88. The number of carboxylic acids is 1. The average Bonchev–Trinajstić information content (AvgIpc) is 2.80. The second-order valence-corrected chi connectivity index (χ2v) is 3.38. The largest absolute Gasteiger partial charge is 0.545 e. The second kappa shape index (κ2) is 4.52. The maximum Gasteiger partial charge on any atom is 0.141 e. The summed E-state index contributed by atoms with van der Waals surface area (Å²) in [6.45, 7) is 0. The van der Waals surface area contributed by atoms with Gasteiger partial charge in [-0.1, -0.05) is 30.3 Å². The van der Waals surface area contributed by atoms with Gasteiger partial charge in [-0.25, -0.2) is 4.98 Å². The lowest BCUT2D eigenvalue weighted by Gasteiger charge is -2.03. The van der Waals surface area contributed by atoms with Gasteiger partial charge in [0.15, 0.2) is 0 Å². The number of aliphatic carboxylic acids is 1. The van der Waals surface area contributed by atoms with Crippen LogP contribution in [0.4, 0.5) is 0 Å². The Labute approximate surface area is 97.6 Å². The highest BCUT2D eigenvalue weighted by Gasteiger charge is 2.08. The summed E-state index contributed by atoms with van der Waals surface area (Å²) in [4.78, 5) is 17.6. The summed E-state index contributed by atoms with van der Waals surface area (Å²) in [6, 6.07) is 9.44. The van der Waals surface area contributed by atoms with Crippen LogP contribution >= 0.6 is 0 Å². The molecule has 0 aliphatic carbocycles. The van der Waals surface area contributed by atoms with Gasteiger partial charge in [0.1, 0.15) is 5.82 Å². The molecule has 0 radical (unpaired) electrons. The SMILES string of the molecule is NC=C(C(=O)[O-])c1ncc(-c2ccccc2)[nH]1. The van der Waals surface area contributed by atoms with Crippen molar-refractivity contribution in [2.75, 3.05) is 0 Å². The van der Waals surface area contributed by atoms with Crippen molar-refractivity contribution in [2.45, 2.75) is 0 Å². The number of aromatic amines is 1. The van der Waals surface area contributed by atoms with Crippen LogP contribution in [-0.2, 0) is 4.79 Å². The van der Waals surface area contributed by atoms with Gasteiger partial charge in [-0.2, -0.15) is 0 Å². The molecule has 1 aromatic carbocycles. The van der Waals surface area contributed by atoms with Crippen molar-refractivity contribution in [2.24, 2.45) is 5.73 Å². The lowest BCUT2D eigenvalue weighted by molar-refractivity contribution is -0.295. The van der Waals surface area contributed by atoms with Gasteiger partial charge in [0.25, 0.3) is 0 Å². The van der Waals surface area contributed by atoms with E-state index in [1.165, 1.54) is 0 Å². The lowest BCUT2D eigenvalue weighted by Crippen LogP contribution is -2.24. The van der Waals surface area contributed by atoms with Crippen LogP contribution in [0.15, 0.2) is 42.7 Å². The van der Waals surface area contributed by atoms with E-state index in [4.69, 9.17) is 5.73 Å². The maximum atomic E-state index is 10.8. The summed E-state index contributed by atoms with van der Waals surface area (Å²) >= 11 is 0. The molecule has 0 unspecified atom stereocenters. The minimum atomic E-state index is -1.36. The molecule has 0 aliphatic rings. The van der Waals surface area contributed by atoms with Gasteiger partial charge >= 0.3 is 0 Å². The highest BCUT2D eigenvalue weighted by molar-refractivity contribution is 6.12. The molecule has 1 aromatic heterocycles. The van der Waals surface area contributed by atoms with Crippen molar-refractivity contribution in [3.05, 3.63) is 48.6 Å². The van der Waals surface area contributed by atoms with Crippen LogP contribution < -0.4 is 10.8 Å². The summed E-state index contributed by atoms with van der Waals surface area (Å²) in [5.74, 6) is -1.17. The summed E-state index contributed by atoms with van der Waals surface area (Å²) in [6.07, 6.45) is 2.51. The third-order valence-electron chi connectivity index (χ3n) is 2.30. The summed E-state index contributed by atoms with van der Waals surface area (Å²) < 4.78 is 0. The first-order chi connectivity index (χ1) is 8.22. The molecule has 0 aliphatic heterocycles. The number of imidazole rings is 1. The van der Waals surface area contributed by atoms with E-state index in [1.807, 2.05) is 30.3 Å². The van der Waals surface area contributed by atoms with Gasteiger partial charge in [0.05, 0.1) is 23.4 Å². The number of nitrogens with one attached hydrogen (secondary N) is 1. The van der Waals surface area contributed by atoms with E-state index in [9.17, 15) is 9.90 Å². The monoisotopic (exact) mass is 228 g/mol. The van der Waals surface area contributed by atoms with E-state index in [-0.39, 0.29) is 11.4 Å². The molecule has 0 bridgehead atoms. The molecule has 0 fully saturated rings. The number of rotatable bonds is 3. The molecular formula is C12H10N3O2-. The Bertz CT molecular complexity index is 558. The van der Waals surface area contributed by atoms with E-state index in [0.717, 1.165) is 17.5 Å². The first-order valence-corrected chi connectivity index (χ1v) is 4.96. The number of carboxylic acid groups (broad SMARTS) is 1. The maximum absolute atomic E-state index is 10.8. The Morgan fingerprint density at radius 3 is 2.65 bits per heavy atom. The van der Waals surface area contributed by atoms with Crippen molar-refractivity contribution in [3.8, 4) is 11.3 Å². The number of carbonyl (C=O) groups is 1. The van der Waals surface area contributed by atoms with Gasteiger partial charge in [0.2, 0.25) is 0 Å². The van der Waals surface area contributed by atoms with Gasteiger partial charge in [0, 0.05) is 6.20 Å². The van der Waals surface area contributed by atoms with Crippen molar-refractivity contribution < 1.29 is 9.90 Å². The molecule has 0 spiro atoms. The molecule has 0 saturated carbocycles. The van der Waals surface area contributed by atoms with Crippen LogP contribution in [0.5, 0.6) is 0 Å². The first-order valence-electron chi connectivity index (χ1n) is 4.96. The fourth-order valence-corrected chi connectivity index (χ4v) is 1.47. The third kappa shape index (κ3) is 2.17. The molecule has 5 heteroatoms. The minimum absolute atomic E-state index is 0.160. The summed E-state index contributed by atoms with van der Waals surface area (Å²) in [5.41, 5.74) is 6.69. The standard InChI is InChI=1S/C12H11N3O2/c13-6-9(12(16)17)11-14-7-10(15-11)8-4-2-1-3-5-8/h1-7H,13H2,(H,14,15)(H,16,17)/p-1. The van der Waals surface area contributed by atoms with Gasteiger partial charge in [-0.3, -0.25) is 0 Å². The van der Waals surface area contributed by atoms with Crippen molar-refractivity contribution in [1.29, 1.82) is 0 Å². The van der Waals surface area contributed by atoms with Crippen LogP contribution in [0, 0.1) is 0 Å². The quantitative estimate of drug-likeness (QED) is 0.730. The molecule has 17 heavy (non-hydrogen) atoms. The number of hydrogen-bond donors (Lipinski definition) is 2. The summed E-state index contributed by atoms with van der Waals surface area (Å²) in [5, 5.41) is 10.8. The third-order valence-corrected chi connectivity index (χ3v) is 2.30. The molecule has 5 nitrogen and oxygen atoms in total. The number of hydrogen-bond acceptors (Lipinski definition) is 4. The molecule has 0 saturated heterocycles. The predicted octanol–water partition coefficient (Wildman–Crippen LogP) is 0.126. The number of nitrogens with zero attached hydrogens (tertiary/aromatic N) is 1. The molecule has 3 N–H and O–H groups in total. The van der Waals surface area contributed by atoms with Crippen LogP contribution in [0.25, 0.3) is 16.8 Å². The van der Waals surface area contributed by atoms with Crippen LogP contribution in [0.1, 0.15) is 5.82 Å². The van der Waals surface area contributed by atoms with Crippen LogP contribution in [0.3, 0.4) is 0 Å². The molecular weight excluding hydrogens is 218 g/mol. The van der Waals surface area contributed by atoms with Crippen molar-refractivity contribution in [1.82, 2.24) is 9.97 Å². The Hall–Kier alpha value is -2.56. The number of carbonyl (C=O) groups excluding carboxylic acids is 1. The number of benzene rings is 1. The Morgan fingerprint density at radius 2 is 2.06 bits per heavy atom. The summed E-state index contributed by atoms with van der Waals surface area (Å²) in [7, 11) is 0. The Kier molecular flexibility index (Phi) is 2.91. The van der Waals surface area contributed by atoms with E-state index < -0.39 is 5.97 Å². The van der Waals surface area contributed by atoms with Crippen molar-refractivity contribution >= 4 is 11.5 Å². The van der Waals surface area contributed by atoms with Crippen LogP contribution in [-0.4, -0.2) is 15.9 Å². The Balaban J connectivity index is 2.37. The number of aromatic nitrogens is 2. The van der Waals surface area contributed by atoms with E-state index in [1.54, 1.807) is 6.20 Å². The predicted molar refractivity (Wildman–Crippen MR) is 61.2 cm³/mol. The fourth-order valence-electron chi connectivity index (χ4n) is 1.47. The van der Waals surface area contributed by atoms with E-state index in [0.29, 0.717) is 0 Å². The zero-order valence-corrected chi connectivity index (χ0v) is 8.88. The average molecular weight is 228 g/mol. The minimum Gasteiger partial charge on any atom is -0.545 e. The Morgan fingerprint density at radius 1 is 1.35 bits per heavy atom. The number of H-pyrrole nitrogens is 1. The molecule has 2 aromatic rings. The second-order valence-electron chi connectivity index (χ2n) is 3.38. The molecule has 1 heterocycles. The lowest BCUT2D eigenvalue weighted by atomic mass is 10.2. The molecule has 0 atom stereocenters. The molecule has 2 rings (SSSR count).